The van der Waals surface area contributed by atoms with Gasteiger partial charge >= 0.3 is 5.97 Å². The number of benzene rings is 2. The maximum absolute atomic E-state index is 11.5. The molecule has 2 aromatic rings. The molecule has 2 rings (SSSR count). The maximum Gasteiger partial charge on any atom is 0.336 e. The van der Waals surface area contributed by atoms with Gasteiger partial charge in [0, 0.05) is 6.08 Å². The summed E-state index contributed by atoms with van der Waals surface area (Å²) in [6.07, 6.45) is 1.48. The molecular weight excluding hydrogens is 212 g/mol. The molecule has 2 nitrogen and oxygen atoms in total. The molecule has 17 heavy (non-hydrogen) atoms. The summed E-state index contributed by atoms with van der Waals surface area (Å²) in [6.45, 7) is 3.73. The highest BCUT2D eigenvalue weighted by Crippen LogP contribution is 2.20. The number of hydrogen-bond acceptors (Lipinski definition) is 2. The van der Waals surface area contributed by atoms with Gasteiger partial charge in [0.2, 0.25) is 0 Å². The van der Waals surface area contributed by atoms with Crippen molar-refractivity contribution in [3.63, 3.8) is 0 Å². The summed E-state index contributed by atoms with van der Waals surface area (Å²) in [5.74, 6) is 0.242. The van der Waals surface area contributed by atoms with Crippen LogP contribution in [0, 0.1) is 0 Å². The van der Waals surface area contributed by atoms with Gasteiger partial charge in [-0.2, -0.15) is 0 Å². The van der Waals surface area contributed by atoms with Crippen LogP contribution in [-0.4, -0.2) is 5.97 Å². The molecule has 0 unspecified atom stereocenters. The Hall–Kier alpha value is -2.09. The van der Waals surface area contributed by atoms with Gasteiger partial charge < -0.3 is 4.74 Å². The minimum absolute atomic E-state index is 0.333. The number of hydrogen-bond donors (Lipinski definition) is 0. The molecule has 0 spiro atoms. The summed E-state index contributed by atoms with van der Waals surface area (Å²) in [4.78, 5) is 11.5. The quantitative estimate of drug-likeness (QED) is 0.443. The van der Waals surface area contributed by atoms with Crippen molar-refractivity contribution in [2.75, 3.05) is 0 Å². The third-order valence-electron chi connectivity index (χ3n) is 2.35. The van der Waals surface area contributed by atoms with Crippen molar-refractivity contribution in [1.82, 2.24) is 0 Å². The predicted molar refractivity (Wildman–Crippen MR) is 69.0 cm³/mol. The zero-order valence-corrected chi connectivity index (χ0v) is 9.94. The largest absolute Gasteiger partial charge is 0.423 e. The Labute approximate surface area is 101 Å². The summed E-state index contributed by atoms with van der Waals surface area (Å²) in [6, 6.07) is 13.6. The Balaban J connectivity index is 2.25. The van der Waals surface area contributed by atoms with Crippen LogP contribution >= 0.6 is 0 Å². The minimum atomic E-state index is -0.333. The lowest BCUT2D eigenvalue weighted by atomic mass is 10.1. The van der Waals surface area contributed by atoms with Gasteiger partial charge in [-0.15, -0.1) is 0 Å². The summed E-state index contributed by atoms with van der Waals surface area (Å²) in [5.41, 5.74) is 0.927. The topological polar surface area (TPSA) is 26.3 Å². The standard InChI is InChI=1S/C15H14O2/c1-11(2)9-15(16)17-14-8-7-12-5-3-4-6-13(12)10-14/h3-10H,1-2H3. The summed E-state index contributed by atoms with van der Waals surface area (Å²) in [5, 5.41) is 2.20. The van der Waals surface area contributed by atoms with Crippen molar-refractivity contribution in [1.29, 1.82) is 0 Å². The Morgan fingerprint density at radius 3 is 2.47 bits per heavy atom. The highest BCUT2D eigenvalue weighted by atomic mass is 16.5. The third kappa shape index (κ3) is 2.94. The summed E-state index contributed by atoms with van der Waals surface area (Å²) in [7, 11) is 0. The predicted octanol–water partition coefficient (Wildman–Crippen LogP) is 3.71. The number of rotatable bonds is 2. The molecule has 0 bridgehead atoms. The third-order valence-corrected chi connectivity index (χ3v) is 2.35. The first-order chi connectivity index (χ1) is 8.15. The molecule has 0 aliphatic heterocycles. The average Bonchev–Trinajstić information content (AvgIpc) is 2.27. The average molecular weight is 226 g/mol. The molecule has 0 saturated heterocycles. The first-order valence-corrected chi connectivity index (χ1v) is 5.51. The van der Waals surface area contributed by atoms with E-state index in [0.717, 1.165) is 16.3 Å². The second-order valence-corrected chi connectivity index (χ2v) is 4.15. The minimum Gasteiger partial charge on any atom is -0.423 e. The Morgan fingerprint density at radius 1 is 1.06 bits per heavy atom. The van der Waals surface area contributed by atoms with Crippen LogP contribution in [-0.2, 0) is 4.79 Å². The fourth-order valence-electron chi connectivity index (χ4n) is 1.61. The van der Waals surface area contributed by atoms with Gasteiger partial charge in [-0.25, -0.2) is 4.79 Å². The monoisotopic (exact) mass is 226 g/mol. The molecule has 0 amide bonds. The fraction of sp³-hybridized carbons (Fsp3) is 0.133. The molecule has 0 radical (unpaired) electrons. The lowest BCUT2D eigenvalue weighted by molar-refractivity contribution is -0.129. The van der Waals surface area contributed by atoms with Crippen LogP contribution < -0.4 is 4.74 Å². The number of allylic oxidation sites excluding steroid dienone is 1. The van der Waals surface area contributed by atoms with Crippen LogP contribution in [0.1, 0.15) is 13.8 Å². The molecule has 0 fully saturated rings. The van der Waals surface area contributed by atoms with E-state index in [0.29, 0.717) is 5.75 Å². The molecule has 86 valence electrons. The lowest BCUT2D eigenvalue weighted by Crippen LogP contribution is -2.04. The summed E-state index contributed by atoms with van der Waals surface area (Å²) >= 11 is 0. The lowest BCUT2D eigenvalue weighted by Gasteiger charge is -2.03. The van der Waals surface area contributed by atoms with Crippen LogP contribution in [0.3, 0.4) is 0 Å². The van der Waals surface area contributed by atoms with Crippen molar-refractivity contribution in [3.8, 4) is 5.75 Å². The van der Waals surface area contributed by atoms with Gasteiger partial charge in [0.15, 0.2) is 0 Å². The Kier molecular flexibility index (Phi) is 3.24. The molecule has 0 aliphatic carbocycles. The van der Waals surface area contributed by atoms with Gasteiger partial charge in [0.25, 0.3) is 0 Å². The van der Waals surface area contributed by atoms with Crippen LogP contribution in [0.15, 0.2) is 54.1 Å². The first kappa shape index (κ1) is 11.4. The maximum atomic E-state index is 11.5. The van der Waals surface area contributed by atoms with Gasteiger partial charge in [0.1, 0.15) is 5.75 Å². The molecule has 0 heterocycles. The number of ether oxygens (including phenoxy) is 1. The van der Waals surface area contributed by atoms with Crippen LogP contribution in [0.4, 0.5) is 0 Å². The highest BCUT2D eigenvalue weighted by molar-refractivity contribution is 5.87. The molecule has 2 aromatic carbocycles. The molecule has 0 saturated carbocycles. The van der Waals surface area contributed by atoms with Crippen molar-refractivity contribution in [2.24, 2.45) is 0 Å². The Morgan fingerprint density at radius 2 is 1.76 bits per heavy atom. The molecule has 2 heteroatoms. The van der Waals surface area contributed by atoms with Gasteiger partial charge in [-0.05, 0) is 36.8 Å². The van der Waals surface area contributed by atoms with Crippen molar-refractivity contribution < 1.29 is 9.53 Å². The van der Waals surface area contributed by atoms with E-state index in [2.05, 4.69) is 0 Å². The second kappa shape index (κ2) is 4.83. The van der Waals surface area contributed by atoms with Gasteiger partial charge in [-0.1, -0.05) is 35.9 Å². The van der Waals surface area contributed by atoms with E-state index in [1.807, 2.05) is 50.2 Å². The van der Waals surface area contributed by atoms with E-state index in [-0.39, 0.29) is 5.97 Å². The van der Waals surface area contributed by atoms with E-state index in [9.17, 15) is 4.79 Å². The molecule has 0 aliphatic rings. The smallest absolute Gasteiger partial charge is 0.336 e. The van der Waals surface area contributed by atoms with Crippen molar-refractivity contribution in [2.45, 2.75) is 13.8 Å². The summed E-state index contributed by atoms with van der Waals surface area (Å²) < 4.78 is 5.22. The van der Waals surface area contributed by atoms with Gasteiger partial charge in [0.05, 0.1) is 0 Å². The number of carbonyl (C=O) groups is 1. The van der Waals surface area contributed by atoms with Crippen LogP contribution in [0.5, 0.6) is 5.75 Å². The van der Waals surface area contributed by atoms with Crippen LogP contribution in [0.2, 0.25) is 0 Å². The van der Waals surface area contributed by atoms with Crippen LogP contribution in [0.25, 0.3) is 10.8 Å². The SMILES string of the molecule is CC(C)=CC(=O)Oc1ccc2ccccc2c1. The van der Waals surface area contributed by atoms with E-state index in [1.54, 1.807) is 6.07 Å². The number of carbonyl (C=O) groups excluding carboxylic acids is 1. The highest BCUT2D eigenvalue weighted by Gasteiger charge is 2.02. The van der Waals surface area contributed by atoms with Crippen molar-refractivity contribution in [3.05, 3.63) is 54.1 Å². The zero-order chi connectivity index (χ0) is 12.3. The number of fused-ring (bicyclic) bond motifs is 1. The van der Waals surface area contributed by atoms with E-state index in [4.69, 9.17) is 4.74 Å². The van der Waals surface area contributed by atoms with E-state index >= 15 is 0 Å². The fourth-order valence-corrected chi connectivity index (χ4v) is 1.61. The molecule has 0 aromatic heterocycles. The Bertz CT molecular complexity index is 578. The second-order valence-electron chi connectivity index (χ2n) is 4.15. The molecule has 0 atom stereocenters. The normalized spacial score (nSPS) is 10.0. The van der Waals surface area contributed by atoms with Crippen molar-refractivity contribution >= 4 is 16.7 Å². The van der Waals surface area contributed by atoms with Gasteiger partial charge in [-0.3, -0.25) is 0 Å². The molecule has 0 N–H and O–H groups in total. The number of esters is 1. The molecular formula is C15H14O2. The first-order valence-electron chi connectivity index (χ1n) is 5.51. The zero-order valence-electron chi connectivity index (χ0n) is 9.94. The van der Waals surface area contributed by atoms with E-state index < -0.39 is 0 Å². The van der Waals surface area contributed by atoms with E-state index in [1.165, 1.54) is 6.08 Å².